The first-order valence-corrected chi connectivity index (χ1v) is 7.22. The van der Waals surface area contributed by atoms with Crippen molar-refractivity contribution < 1.29 is 4.79 Å². The van der Waals surface area contributed by atoms with Gasteiger partial charge in [0, 0.05) is 0 Å². The molecule has 0 aromatic heterocycles. The molecule has 0 heterocycles. The first-order valence-electron chi connectivity index (χ1n) is 1.98. The van der Waals surface area contributed by atoms with Gasteiger partial charge in [0.1, 0.15) is 0 Å². The Balaban J connectivity index is 3.55. The quantitative estimate of drug-likeness (QED) is 0.619. The molecule has 0 fully saturated rings. The van der Waals surface area contributed by atoms with Crippen molar-refractivity contribution in [1.82, 2.24) is 0 Å². The Morgan fingerprint density at radius 1 is 1.50 bits per heavy atom. The topological polar surface area (TPSA) is 17.1 Å². The molecule has 0 radical (unpaired) electrons. The van der Waals surface area contributed by atoms with Crippen LogP contribution in [0, 0.1) is 0 Å². The van der Waals surface area contributed by atoms with Gasteiger partial charge in [-0.25, -0.2) is 0 Å². The molecule has 0 aromatic carbocycles. The van der Waals surface area contributed by atoms with E-state index in [1.807, 2.05) is 0 Å². The van der Waals surface area contributed by atoms with Crippen LogP contribution in [-0.4, -0.2) is 11.9 Å². The summed E-state index contributed by atoms with van der Waals surface area (Å²) >= 11 is 16.1. The Morgan fingerprint density at radius 3 is 1.88 bits per heavy atom. The van der Waals surface area contributed by atoms with Crippen molar-refractivity contribution in [2.24, 2.45) is 0 Å². The summed E-state index contributed by atoms with van der Waals surface area (Å²) in [4.78, 5) is 10.2. The Bertz CT molecular complexity index is 97.2. The summed E-state index contributed by atoms with van der Waals surface area (Å²) in [6.45, 7) is 1.41. The SMILES string of the molecule is CC(=O)C[PH](Cl)(Cl)Cl. The van der Waals surface area contributed by atoms with Crippen molar-refractivity contribution in [1.29, 1.82) is 0 Å². The summed E-state index contributed by atoms with van der Waals surface area (Å²) < 4.78 is 0. The van der Waals surface area contributed by atoms with E-state index in [4.69, 9.17) is 33.7 Å². The van der Waals surface area contributed by atoms with Crippen LogP contribution in [0.5, 0.6) is 0 Å². The summed E-state index contributed by atoms with van der Waals surface area (Å²) in [5.41, 5.74) is 0. The minimum atomic E-state index is -2.65. The average molecular weight is 195 g/mol. The molecule has 50 valence electrons. The molecule has 8 heavy (non-hydrogen) atoms. The van der Waals surface area contributed by atoms with Crippen molar-refractivity contribution in [2.75, 3.05) is 6.16 Å². The molecule has 0 aliphatic carbocycles. The summed E-state index contributed by atoms with van der Waals surface area (Å²) in [6.07, 6.45) is 0.123. The van der Waals surface area contributed by atoms with E-state index < -0.39 is 5.32 Å². The van der Waals surface area contributed by atoms with Crippen molar-refractivity contribution in [3.63, 3.8) is 0 Å². The molecule has 0 saturated heterocycles. The van der Waals surface area contributed by atoms with Crippen LogP contribution in [-0.2, 0) is 4.79 Å². The second-order valence-electron chi connectivity index (χ2n) is 1.49. The number of carbonyl (C=O) groups excluding carboxylic acids is 1. The van der Waals surface area contributed by atoms with Crippen LogP contribution in [0.15, 0.2) is 0 Å². The van der Waals surface area contributed by atoms with Gasteiger partial charge < -0.3 is 0 Å². The number of hydrogen-bond acceptors (Lipinski definition) is 1. The van der Waals surface area contributed by atoms with Crippen molar-refractivity contribution in [3.8, 4) is 0 Å². The van der Waals surface area contributed by atoms with E-state index >= 15 is 0 Å². The molecule has 0 bridgehead atoms. The van der Waals surface area contributed by atoms with Crippen molar-refractivity contribution >= 4 is 44.8 Å². The van der Waals surface area contributed by atoms with Crippen LogP contribution in [0.3, 0.4) is 0 Å². The molecular formula is C3H6Cl3OP. The predicted molar refractivity (Wildman–Crippen MR) is 41.4 cm³/mol. The fourth-order valence-corrected chi connectivity index (χ4v) is 2.54. The maximum absolute atomic E-state index is 10.2. The number of ketones is 1. The summed E-state index contributed by atoms with van der Waals surface area (Å²) in [5, 5.41) is -2.65. The third-order valence-corrected chi connectivity index (χ3v) is 2.55. The first kappa shape index (κ1) is 8.97. The summed E-state index contributed by atoms with van der Waals surface area (Å²) in [6, 6.07) is 0. The Morgan fingerprint density at radius 2 is 1.88 bits per heavy atom. The maximum atomic E-state index is 10.2. The van der Waals surface area contributed by atoms with Gasteiger partial charge in [0.15, 0.2) is 0 Å². The molecule has 1 nitrogen and oxygen atoms in total. The first-order chi connectivity index (χ1) is 3.42. The van der Waals surface area contributed by atoms with Crippen LogP contribution < -0.4 is 0 Å². The number of carbonyl (C=O) groups is 1. The zero-order valence-electron chi connectivity index (χ0n) is 4.25. The van der Waals surface area contributed by atoms with E-state index in [0.717, 1.165) is 0 Å². The fraction of sp³-hybridized carbons (Fsp3) is 0.667. The van der Waals surface area contributed by atoms with Crippen LogP contribution in [0.1, 0.15) is 6.92 Å². The fourth-order valence-electron chi connectivity index (χ4n) is 0.282. The molecule has 0 rings (SSSR count). The van der Waals surface area contributed by atoms with Gasteiger partial charge >= 0.3 is 62.7 Å². The molecule has 0 saturated carbocycles. The third-order valence-electron chi connectivity index (χ3n) is 0.449. The van der Waals surface area contributed by atoms with Crippen LogP contribution in [0.4, 0.5) is 0 Å². The monoisotopic (exact) mass is 194 g/mol. The molecule has 0 aromatic rings. The Hall–Kier alpha value is 0.970. The van der Waals surface area contributed by atoms with E-state index in [1.54, 1.807) is 0 Å². The van der Waals surface area contributed by atoms with Gasteiger partial charge in [-0.3, -0.25) is 0 Å². The molecule has 0 spiro atoms. The Labute approximate surface area is 63.0 Å². The molecule has 5 heteroatoms. The summed E-state index contributed by atoms with van der Waals surface area (Å²) in [7, 11) is 0. The second kappa shape index (κ2) is 3.22. The van der Waals surface area contributed by atoms with Crippen molar-refractivity contribution in [2.45, 2.75) is 6.92 Å². The molecule has 0 atom stereocenters. The molecular weight excluding hydrogens is 189 g/mol. The van der Waals surface area contributed by atoms with E-state index in [9.17, 15) is 4.79 Å². The Kier molecular flexibility index (Phi) is 3.61. The van der Waals surface area contributed by atoms with Gasteiger partial charge in [-0.05, 0) is 0 Å². The van der Waals surface area contributed by atoms with Gasteiger partial charge in [-0.1, -0.05) is 0 Å². The van der Waals surface area contributed by atoms with Gasteiger partial charge in [0.25, 0.3) is 0 Å². The van der Waals surface area contributed by atoms with Gasteiger partial charge in [-0.15, -0.1) is 0 Å². The van der Waals surface area contributed by atoms with Crippen LogP contribution >= 0.6 is 39.0 Å². The van der Waals surface area contributed by atoms with Crippen LogP contribution in [0.25, 0.3) is 0 Å². The van der Waals surface area contributed by atoms with Crippen LogP contribution in [0.2, 0.25) is 0 Å². The normalized spacial score (nSPS) is 13.5. The zero-order chi connectivity index (χ0) is 6.78. The van der Waals surface area contributed by atoms with Crippen molar-refractivity contribution in [3.05, 3.63) is 0 Å². The predicted octanol–water partition coefficient (Wildman–Crippen LogP) is 2.79. The van der Waals surface area contributed by atoms with E-state index in [-0.39, 0.29) is 11.9 Å². The molecule has 0 N–H and O–H groups in total. The number of halogens is 3. The third kappa shape index (κ3) is 6.97. The van der Waals surface area contributed by atoms with Gasteiger partial charge in [-0.2, -0.15) is 0 Å². The summed E-state index contributed by atoms with van der Waals surface area (Å²) in [5.74, 6) is -0.0586. The molecule has 0 amide bonds. The number of hydrogen-bond donors (Lipinski definition) is 0. The van der Waals surface area contributed by atoms with E-state index in [0.29, 0.717) is 0 Å². The second-order valence-corrected chi connectivity index (χ2v) is 10.6. The van der Waals surface area contributed by atoms with E-state index in [1.165, 1.54) is 6.92 Å². The van der Waals surface area contributed by atoms with Gasteiger partial charge in [0.2, 0.25) is 0 Å². The average Bonchev–Trinajstić information content (AvgIpc) is 1.21. The molecule has 0 aliphatic rings. The zero-order valence-corrected chi connectivity index (χ0v) is 7.52. The standard InChI is InChI=1S/C3H6Cl3OP/c1-3(7)2-8(4,5)6/h8H,2H2,1H3. The van der Waals surface area contributed by atoms with Gasteiger partial charge in [0.05, 0.1) is 0 Å². The van der Waals surface area contributed by atoms with E-state index in [2.05, 4.69) is 0 Å². The molecule has 0 aliphatic heterocycles. The number of Topliss-reactive ketones (excluding diaryl/α,β-unsaturated/α-hetero) is 1. The number of rotatable bonds is 2. The minimum absolute atomic E-state index is 0.0586. The molecule has 0 unspecified atom stereocenters.